The van der Waals surface area contributed by atoms with E-state index in [0.29, 0.717) is 12.6 Å². The van der Waals surface area contributed by atoms with Crippen molar-refractivity contribution in [2.24, 2.45) is 4.99 Å². The van der Waals surface area contributed by atoms with Crippen LogP contribution in [0.1, 0.15) is 31.7 Å². The number of likely N-dealkylation sites (tertiary alicyclic amines) is 1. The van der Waals surface area contributed by atoms with Crippen molar-refractivity contribution in [2.45, 2.75) is 45.4 Å². The summed E-state index contributed by atoms with van der Waals surface area (Å²) in [6, 6.07) is 7.10. The molecule has 0 unspecified atom stereocenters. The second-order valence-electron chi connectivity index (χ2n) is 6.21. The smallest absolute Gasteiger partial charge is 0.387 e. The number of ether oxygens (including phenoxy) is 1. The summed E-state index contributed by atoms with van der Waals surface area (Å²) in [7, 11) is 1.73. The number of benzene rings is 1. The van der Waals surface area contributed by atoms with Crippen LogP contribution < -0.4 is 15.4 Å². The third-order valence-electron chi connectivity index (χ3n) is 4.28. The maximum absolute atomic E-state index is 12.3. The molecule has 0 amide bonds. The Kier molecular flexibility index (Phi) is 10.8. The summed E-state index contributed by atoms with van der Waals surface area (Å²) in [6.45, 7) is 3.27. The van der Waals surface area contributed by atoms with E-state index in [4.69, 9.17) is 0 Å². The second kappa shape index (κ2) is 12.3. The lowest BCUT2D eigenvalue weighted by Crippen LogP contribution is -2.48. The largest absolute Gasteiger partial charge is 0.435 e. The van der Waals surface area contributed by atoms with Crippen LogP contribution in [0.15, 0.2) is 29.3 Å². The van der Waals surface area contributed by atoms with Gasteiger partial charge in [-0.15, -0.1) is 24.0 Å². The summed E-state index contributed by atoms with van der Waals surface area (Å²) in [5.74, 6) is 0.898. The van der Waals surface area contributed by atoms with Crippen molar-refractivity contribution in [3.63, 3.8) is 0 Å². The van der Waals surface area contributed by atoms with Crippen molar-refractivity contribution in [2.75, 3.05) is 26.7 Å². The highest BCUT2D eigenvalue weighted by Crippen LogP contribution is 2.16. The minimum Gasteiger partial charge on any atom is -0.435 e. The van der Waals surface area contributed by atoms with E-state index < -0.39 is 6.61 Å². The van der Waals surface area contributed by atoms with Crippen molar-refractivity contribution in [1.82, 2.24) is 15.5 Å². The molecule has 0 aromatic heterocycles. The lowest BCUT2D eigenvalue weighted by Gasteiger charge is -2.32. The van der Waals surface area contributed by atoms with Gasteiger partial charge in [-0.05, 0) is 43.5 Å². The average molecular weight is 482 g/mol. The number of nitrogens with zero attached hydrogens (tertiary/aromatic N) is 2. The molecule has 26 heavy (non-hydrogen) atoms. The number of rotatable bonds is 7. The zero-order chi connectivity index (χ0) is 18.1. The Morgan fingerprint density at radius 3 is 2.69 bits per heavy atom. The van der Waals surface area contributed by atoms with Gasteiger partial charge in [-0.25, -0.2) is 0 Å². The number of halogens is 3. The van der Waals surface area contributed by atoms with E-state index in [1.807, 2.05) is 6.07 Å². The summed E-state index contributed by atoms with van der Waals surface area (Å²) in [6.07, 6.45) is 3.38. The van der Waals surface area contributed by atoms with Gasteiger partial charge in [0.15, 0.2) is 5.96 Å². The zero-order valence-corrected chi connectivity index (χ0v) is 17.7. The lowest BCUT2D eigenvalue weighted by atomic mass is 10.1. The Morgan fingerprint density at radius 1 is 1.35 bits per heavy atom. The van der Waals surface area contributed by atoms with Gasteiger partial charge in [-0.1, -0.05) is 19.1 Å². The topological polar surface area (TPSA) is 48.9 Å². The number of nitrogens with one attached hydrogen (secondary N) is 2. The van der Waals surface area contributed by atoms with Crippen molar-refractivity contribution in [3.05, 3.63) is 29.8 Å². The number of alkyl halides is 2. The van der Waals surface area contributed by atoms with E-state index in [-0.39, 0.29) is 29.7 Å². The molecule has 1 aliphatic rings. The molecule has 1 heterocycles. The summed E-state index contributed by atoms with van der Waals surface area (Å²) < 4.78 is 29.0. The molecular formula is C18H29F2IN4O. The van der Waals surface area contributed by atoms with Crippen LogP contribution in [0.4, 0.5) is 8.78 Å². The van der Waals surface area contributed by atoms with Crippen LogP contribution >= 0.6 is 24.0 Å². The molecule has 1 aromatic carbocycles. The Labute approximate surface area is 171 Å². The normalized spacial score (nSPS) is 16.3. The first-order valence-electron chi connectivity index (χ1n) is 8.84. The molecule has 8 heteroatoms. The van der Waals surface area contributed by atoms with E-state index in [1.165, 1.54) is 12.5 Å². The highest BCUT2D eigenvalue weighted by molar-refractivity contribution is 14.0. The van der Waals surface area contributed by atoms with Gasteiger partial charge in [0, 0.05) is 32.7 Å². The molecule has 0 atom stereocenters. The molecule has 0 bridgehead atoms. The van der Waals surface area contributed by atoms with Gasteiger partial charge < -0.3 is 20.3 Å². The molecule has 1 fully saturated rings. The molecule has 1 saturated heterocycles. The molecule has 0 saturated carbocycles. The molecule has 148 valence electrons. The average Bonchev–Trinajstić information content (AvgIpc) is 2.60. The molecular weight excluding hydrogens is 453 g/mol. The van der Waals surface area contributed by atoms with Crippen LogP contribution in [-0.4, -0.2) is 50.2 Å². The van der Waals surface area contributed by atoms with E-state index in [2.05, 4.69) is 32.2 Å². The first-order chi connectivity index (χ1) is 12.1. The minimum atomic E-state index is -2.81. The van der Waals surface area contributed by atoms with Crippen molar-refractivity contribution >= 4 is 29.9 Å². The van der Waals surface area contributed by atoms with E-state index in [9.17, 15) is 8.78 Å². The van der Waals surface area contributed by atoms with Crippen molar-refractivity contribution < 1.29 is 13.5 Å². The summed E-state index contributed by atoms with van der Waals surface area (Å²) in [5.41, 5.74) is 0.860. The second-order valence-corrected chi connectivity index (χ2v) is 6.21. The molecule has 1 aromatic rings. The first-order valence-corrected chi connectivity index (χ1v) is 8.84. The third-order valence-corrected chi connectivity index (χ3v) is 4.28. The van der Waals surface area contributed by atoms with Crippen LogP contribution in [0.5, 0.6) is 5.75 Å². The van der Waals surface area contributed by atoms with Gasteiger partial charge in [0.25, 0.3) is 0 Å². The van der Waals surface area contributed by atoms with E-state index >= 15 is 0 Å². The van der Waals surface area contributed by atoms with Crippen LogP contribution in [0.3, 0.4) is 0 Å². The molecule has 1 aliphatic heterocycles. The maximum atomic E-state index is 12.3. The number of piperidine rings is 1. The Bertz CT molecular complexity index is 552. The van der Waals surface area contributed by atoms with Crippen molar-refractivity contribution in [1.29, 1.82) is 0 Å². The summed E-state index contributed by atoms with van der Waals surface area (Å²) in [4.78, 5) is 6.74. The van der Waals surface area contributed by atoms with Crippen LogP contribution in [0.25, 0.3) is 0 Å². The van der Waals surface area contributed by atoms with E-state index in [0.717, 1.165) is 44.0 Å². The zero-order valence-electron chi connectivity index (χ0n) is 15.4. The fourth-order valence-corrected chi connectivity index (χ4v) is 3.02. The Hall–Kier alpha value is -1.16. The monoisotopic (exact) mass is 482 g/mol. The molecule has 2 rings (SSSR count). The van der Waals surface area contributed by atoms with Gasteiger partial charge in [-0.2, -0.15) is 8.78 Å². The minimum absolute atomic E-state index is 0. The number of aliphatic imine (C=N–C) groups is 1. The summed E-state index contributed by atoms with van der Waals surface area (Å²) in [5, 5.41) is 6.68. The Morgan fingerprint density at radius 2 is 2.08 bits per heavy atom. The molecule has 0 radical (unpaired) electrons. The SMILES string of the molecule is CCCN1CCC(NC(=NC)NCc2cccc(OC(F)F)c2)CC1.I. The number of guanidine groups is 1. The Balaban J connectivity index is 0.00000338. The fourth-order valence-electron chi connectivity index (χ4n) is 3.02. The predicted octanol–water partition coefficient (Wildman–Crippen LogP) is 3.45. The highest BCUT2D eigenvalue weighted by Gasteiger charge is 2.19. The van der Waals surface area contributed by atoms with Crippen molar-refractivity contribution in [3.8, 4) is 5.75 Å². The first kappa shape index (κ1) is 22.9. The third kappa shape index (κ3) is 8.03. The standard InChI is InChI=1S/C18H28F2N4O.HI/c1-3-9-24-10-7-15(8-11-24)23-18(21-2)22-13-14-5-4-6-16(12-14)25-17(19)20;/h4-6,12,15,17H,3,7-11,13H2,1-2H3,(H2,21,22,23);1H. The number of hydrogen-bond acceptors (Lipinski definition) is 3. The molecule has 2 N–H and O–H groups in total. The van der Waals surface area contributed by atoms with Crippen LogP contribution in [-0.2, 0) is 6.54 Å². The fraction of sp³-hybridized carbons (Fsp3) is 0.611. The summed E-state index contributed by atoms with van der Waals surface area (Å²) >= 11 is 0. The predicted molar refractivity (Wildman–Crippen MR) is 112 cm³/mol. The van der Waals surface area contributed by atoms with Gasteiger partial charge >= 0.3 is 6.61 Å². The van der Waals surface area contributed by atoms with Gasteiger partial charge in [0.05, 0.1) is 0 Å². The maximum Gasteiger partial charge on any atom is 0.387 e. The van der Waals surface area contributed by atoms with Gasteiger partial charge in [0.2, 0.25) is 0 Å². The number of hydrogen-bond donors (Lipinski definition) is 2. The van der Waals surface area contributed by atoms with E-state index in [1.54, 1.807) is 19.2 Å². The van der Waals surface area contributed by atoms with Crippen LogP contribution in [0, 0.1) is 0 Å². The highest BCUT2D eigenvalue weighted by atomic mass is 127. The van der Waals surface area contributed by atoms with Gasteiger partial charge in [0.1, 0.15) is 5.75 Å². The molecule has 0 aliphatic carbocycles. The lowest BCUT2D eigenvalue weighted by molar-refractivity contribution is -0.0498. The molecule has 5 nitrogen and oxygen atoms in total. The quantitative estimate of drug-likeness (QED) is 0.355. The molecule has 0 spiro atoms. The van der Waals surface area contributed by atoms with Gasteiger partial charge in [-0.3, -0.25) is 4.99 Å². The van der Waals surface area contributed by atoms with Crippen LogP contribution in [0.2, 0.25) is 0 Å².